The first kappa shape index (κ1) is 28.8. The second kappa shape index (κ2) is 11.4. The highest BCUT2D eigenvalue weighted by molar-refractivity contribution is 7.92. The van der Waals surface area contributed by atoms with Crippen LogP contribution in [0.3, 0.4) is 0 Å². The summed E-state index contributed by atoms with van der Waals surface area (Å²) in [4.78, 5) is 34.1. The molecule has 2 aliphatic heterocycles. The summed E-state index contributed by atoms with van der Waals surface area (Å²) >= 11 is 0. The van der Waals surface area contributed by atoms with Gasteiger partial charge in [-0.15, -0.1) is 0 Å². The van der Waals surface area contributed by atoms with Crippen molar-refractivity contribution in [1.82, 2.24) is 14.8 Å². The van der Waals surface area contributed by atoms with E-state index in [4.69, 9.17) is 10.00 Å². The van der Waals surface area contributed by atoms with Crippen molar-refractivity contribution in [3.8, 4) is 11.9 Å². The number of carbonyl (C=O) groups excluding carboxylic acids is 2. The summed E-state index contributed by atoms with van der Waals surface area (Å²) in [5.41, 5.74) is 2.26. The molecule has 11 heteroatoms. The zero-order valence-electron chi connectivity index (χ0n) is 23.5. The Morgan fingerprint density at radius 3 is 2.63 bits per heavy atom. The highest BCUT2D eigenvalue weighted by Crippen LogP contribution is 2.53. The number of aromatic nitrogens is 1. The maximum Gasteiger partial charge on any atom is 0.245 e. The summed E-state index contributed by atoms with van der Waals surface area (Å²) in [7, 11) is -4.15. The summed E-state index contributed by atoms with van der Waals surface area (Å²) in [6.07, 6.45) is 3.18. The lowest BCUT2D eigenvalue weighted by Crippen LogP contribution is -2.55. The third kappa shape index (κ3) is 4.93. The van der Waals surface area contributed by atoms with Crippen molar-refractivity contribution in [1.29, 1.82) is 5.26 Å². The van der Waals surface area contributed by atoms with E-state index in [1.54, 1.807) is 17.2 Å². The molecule has 0 spiro atoms. The topological polar surface area (TPSA) is 121 Å². The molecule has 2 unspecified atom stereocenters. The van der Waals surface area contributed by atoms with Gasteiger partial charge in [-0.25, -0.2) is 17.8 Å². The number of pyridine rings is 1. The number of likely N-dealkylation sites (tertiary alicyclic amines) is 2. The number of ether oxygens (including phenoxy) is 1. The van der Waals surface area contributed by atoms with Crippen molar-refractivity contribution in [3.63, 3.8) is 0 Å². The van der Waals surface area contributed by atoms with E-state index in [9.17, 15) is 22.4 Å². The summed E-state index contributed by atoms with van der Waals surface area (Å²) in [6.45, 7) is 0.632. The third-order valence-corrected chi connectivity index (χ3v) is 11.5. The Hall–Kier alpha value is -4.30. The minimum absolute atomic E-state index is 0.0304. The van der Waals surface area contributed by atoms with Gasteiger partial charge in [0.15, 0.2) is 9.84 Å². The third-order valence-electron chi connectivity index (χ3n) is 8.94. The number of sulfone groups is 1. The molecule has 2 aromatic carbocycles. The maximum atomic E-state index is 14.6. The molecule has 2 fully saturated rings. The minimum atomic E-state index is -4.15. The molecule has 1 aliphatic carbocycles. The summed E-state index contributed by atoms with van der Waals surface area (Å²) in [5.74, 6) is -0.659. The molecule has 0 N–H and O–H groups in total. The van der Waals surface area contributed by atoms with Crippen molar-refractivity contribution in [2.75, 3.05) is 13.1 Å². The van der Waals surface area contributed by atoms with Gasteiger partial charge >= 0.3 is 0 Å². The van der Waals surface area contributed by atoms with Crippen LogP contribution in [0.5, 0.6) is 5.88 Å². The number of benzene rings is 2. The van der Waals surface area contributed by atoms with E-state index >= 15 is 0 Å². The lowest BCUT2D eigenvalue weighted by Gasteiger charge is -2.43. The van der Waals surface area contributed by atoms with E-state index < -0.39 is 32.5 Å². The molecule has 6 rings (SSSR count). The monoisotopic (exact) mass is 602 g/mol. The van der Waals surface area contributed by atoms with Gasteiger partial charge in [-0.3, -0.25) is 9.59 Å². The molecule has 2 saturated heterocycles. The molecule has 0 bridgehead atoms. The van der Waals surface area contributed by atoms with E-state index in [1.165, 1.54) is 17.0 Å². The smallest absolute Gasteiger partial charge is 0.245 e. The molecule has 3 heterocycles. The number of hydrogen-bond acceptors (Lipinski definition) is 7. The first-order chi connectivity index (χ1) is 20.8. The molecule has 0 saturated carbocycles. The van der Waals surface area contributed by atoms with Crippen LogP contribution in [0.15, 0.2) is 71.8 Å². The first-order valence-electron chi connectivity index (χ1n) is 14.4. The van der Waals surface area contributed by atoms with E-state index in [1.807, 2.05) is 36.4 Å². The fourth-order valence-corrected chi connectivity index (χ4v) is 9.26. The molecule has 3 aliphatic rings. The van der Waals surface area contributed by atoms with Gasteiger partial charge < -0.3 is 14.5 Å². The van der Waals surface area contributed by atoms with Crippen LogP contribution in [0.2, 0.25) is 0 Å². The van der Waals surface area contributed by atoms with Crippen molar-refractivity contribution in [2.45, 2.75) is 66.9 Å². The summed E-state index contributed by atoms with van der Waals surface area (Å²) < 4.78 is 47.4. The quantitative estimate of drug-likeness (QED) is 0.359. The first-order valence-corrected chi connectivity index (χ1v) is 15.9. The number of nitriles is 1. The van der Waals surface area contributed by atoms with Gasteiger partial charge in [0.25, 0.3) is 0 Å². The van der Waals surface area contributed by atoms with Crippen LogP contribution in [0, 0.1) is 17.1 Å². The second-order valence-corrected chi connectivity index (χ2v) is 13.4. The van der Waals surface area contributed by atoms with Crippen LogP contribution in [0.4, 0.5) is 4.39 Å². The number of carbonyl (C=O) groups is 2. The Labute approximate surface area is 249 Å². The SMILES string of the molecule is N#CCCN1C(=O)CC[C@H]1C(=O)N1CCC2(S(=O)(=O)c3ccc(F)cc3)c3cnc(OCc4ccccc4)cc3CCC12. The van der Waals surface area contributed by atoms with Gasteiger partial charge in [0.1, 0.15) is 23.2 Å². The summed E-state index contributed by atoms with van der Waals surface area (Å²) in [5, 5.41) is 9.07. The van der Waals surface area contributed by atoms with Crippen molar-refractivity contribution >= 4 is 21.7 Å². The number of nitrogens with zero attached hydrogens (tertiary/aromatic N) is 4. The Balaban J connectivity index is 1.38. The number of halogens is 1. The van der Waals surface area contributed by atoms with E-state index in [0.717, 1.165) is 23.3 Å². The summed E-state index contributed by atoms with van der Waals surface area (Å²) in [6, 6.07) is 16.8. The Morgan fingerprint density at radius 2 is 1.88 bits per heavy atom. The number of amides is 2. The fraction of sp³-hybridized carbons (Fsp3) is 0.375. The van der Waals surface area contributed by atoms with Gasteiger partial charge in [0, 0.05) is 31.8 Å². The standard InChI is InChI=1S/C32H31FN4O5S/c33-24-8-10-25(11-9-24)43(40,41)32-15-18-37(31(39)27-12-14-30(38)36(27)17-4-16-34)28(32)13-7-23-19-29(35-20-26(23)32)42-21-22-5-2-1-3-6-22/h1-3,5-6,8-11,19-20,27-28H,4,7,12-15,17-18,21H2/t27-,28?,32?/m0/s1. The van der Waals surface area contributed by atoms with Crippen LogP contribution in [-0.4, -0.2) is 60.2 Å². The van der Waals surface area contributed by atoms with Gasteiger partial charge in [0.2, 0.25) is 17.7 Å². The van der Waals surface area contributed by atoms with Crippen molar-refractivity contribution < 1.29 is 27.1 Å². The van der Waals surface area contributed by atoms with E-state index in [2.05, 4.69) is 4.98 Å². The van der Waals surface area contributed by atoms with Crippen LogP contribution in [-0.2, 0) is 37.2 Å². The Kier molecular flexibility index (Phi) is 7.65. The molecular weight excluding hydrogens is 571 g/mol. The predicted molar refractivity (Wildman–Crippen MR) is 154 cm³/mol. The molecule has 3 aromatic rings. The molecule has 222 valence electrons. The zero-order chi connectivity index (χ0) is 30.2. The average Bonchev–Trinajstić information content (AvgIpc) is 3.61. The largest absolute Gasteiger partial charge is 0.473 e. The van der Waals surface area contributed by atoms with Gasteiger partial charge in [-0.1, -0.05) is 30.3 Å². The van der Waals surface area contributed by atoms with Crippen LogP contribution < -0.4 is 4.74 Å². The van der Waals surface area contributed by atoms with Crippen molar-refractivity contribution in [3.05, 3.63) is 89.4 Å². The highest BCUT2D eigenvalue weighted by atomic mass is 32.2. The van der Waals surface area contributed by atoms with Crippen LogP contribution in [0.25, 0.3) is 0 Å². The predicted octanol–water partition coefficient (Wildman–Crippen LogP) is 3.92. The molecular formula is C32H31FN4O5S. The van der Waals surface area contributed by atoms with Gasteiger partial charge in [-0.05, 0) is 66.6 Å². The number of hydrogen-bond donors (Lipinski definition) is 0. The average molecular weight is 603 g/mol. The van der Waals surface area contributed by atoms with E-state index in [0.29, 0.717) is 37.3 Å². The number of rotatable bonds is 8. The van der Waals surface area contributed by atoms with Crippen molar-refractivity contribution in [2.24, 2.45) is 0 Å². The second-order valence-electron chi connectivity index (χ2n) is 11.2. The lowest BCUT2D eigenvalue weighted by molar-refractivity contribution is -0.142. The lowest BCUT2D eigenvalue weighted by atomic mass is 9.79. The minimum Gasteiger partial charge on any atom is -0.473 e. The molecule has 3 atom stereocenters. The van der Waals surface area contributed by atoms with Crippen LogP contribution >= 0.6 is 0 Å². The zero-order valence-corrected chi connectivity index (χ0v) is 24.3. The molecule has 0 radical (unpaired) electrons. The molecule has 9 nitrogen and oxygen atoms in total. The van der Waals surface area contributed by atoms with E-state index in [-0.39, 0.29) is 49.1 Å². The molecule has 43 heavy (non-hydrogen) atoms. The van der Waals surface area contributed by atoms with Gasteiger partial charge in [0.05, 0.1) is 23.4 Å². The fourth-order valence-electron chi connectivity index (χ4n) is 6.91. The number of fused-ring (bicyclic) bond motifs is 3. The van der Waals surface area contributed by atoms with Crippen LogP contribution in [0.1, 0.15) is 48.8 Å². The molecule has 2 amide bonds. The Bertz CT molecular complexity index is 1690. The number of aryl methyl sites for hydroxylation is 1. The normalized spacial score (nSPS) is 23.0. The van der Waals surface area contributed by atoms with Gasteiger partial charge in [-0.2, -0.15) is 5.26 Å². The maximum absolute atomic E-state index is 14.6. The molecule has 1 aromatic heterocycles. The Morgan fingerprint density at radius 1 is 1.12 bits per heavy atom. The highest BCUT2D eigenvalue weighted by Gasteiger charge is 2.62.